The van der Waals surface area contributed by atoms with Crippen molar-refractivity contribution in [3.63, 3.8) is 0 Å². The zero-order valence-electron chi connectivity index (χ0n) is 12.3. The summed E-state index contributed by atoms with van der Waals surface area (Å²) in [6.45, 7) is 6.00. The van der Waals surface area contributed by atoms with E-state index in [2.05, 4.69) is 23.2 Å². The largest absolute Gasteiger partial charge is 0.388 e. The Bertz CT molecular complexity index is 583. The fourth-order valence-corrected chi connectivity index (χ4v) is 2.51. The van der Waals surface area contributed by atoms with Crippen LogP contribution in [0.3, 0.4) is 0 Å². The normalized spacial score (nSPS) is 12.9. The maximum atomic E-state index is 10.5. The molecule has 0 aliphatic heterocycles. The highest BCUT2D eigenvalue weighted by Gasteiger charge is 2.19. The van der Waals surface area contributed by atoms with Crippen molar-refractivity contribution >= 4 is 0 Å². The van der Waals surface area contributed by atoms with Crippen LogP contribution in [0.4, 0.5) is 0 Å². The molecule has 2 rings (SSSR count). The zero-order valence-corrected chi connectivity index (χ0v) is 12.3. The van der Waals surface area contributed by atoms with Gasteiger partial charge in [0.25, 0.3) is 0 Å². The van der Waals surface area contributed by atoms with Gasteiger partial charge >= 0.3 is 0 Å². The first-order valence-corrected chi connectivity index (χ1v) is 6.64. The third-order valence-corrected chi connectivity index (χ3v) is 3.69. The standard InChI is InChI=1S/C14H22N4O/c1-6-11-7-12(18(5)16-11)8-13(19)14-9(2)15-17(4)10(14)3/h7,13,19H,6,8H2,1-5H3. The summed E-state index contributed by atoms with van der Waals surface area (Å²) in [5, 5.41) is 19.2. The molecule has 1 N–H and O–H groups in total. The van der Waals surface area contributed by atoms with Crippen LogP contribution in [0.25, 0.3) is 0 Å². The molecule has 1 atom stereocenters. The molecular weight excluding hydrogens is 240 g/mol. The van der Waals surface area contributed by atoms with E-state index in [0.29, 0.717) is 6.42 Å². The molecule has 2 aromatic heterocycles. The number of aromatic nitrogens is 4. The molecule has 0 aliphatic rings. The molecule has 0 spiro atoms. The van der Waals surface area contributed by atoms with Crippen molar-refractivity contribution in [1.29, 1.82) is 0 Å². The molecule has 0 aromatic carbocycles. The molecule has 5 heteroatoms. The molecule has 5 nitrogen and oxygen atoms in total. The molecule has 1 unspecified atom stereocenters. The first-order valence-electron chi connectivity index (χ1n) is 6.64. The number of aliphatic hydroxyl groups is 1. The topological polar surface area (TPSA) is 55.9 Å². The van der Waals surface area contributed by atoms with Crippen molar-refractivity contribution in [1.82, 2.24) is 19.6 Å². The second-order valence-corrected chi connectivity index (χ2v) is 5.03. The quantitative estimate of drug-likeness (QED) is 0.910. The van der Waals surface area contributed by atoms with E-state index < -0.39 is 6.10 Å². The van der Waals surface area contributed by atoms with Gasteiger partial charge in [0.2, 0.25) is 0 Å². The minimum atomic E-state index is -0.534. The molecule has 0 fully saturated rings. The van der Waals surface area contributed by atoms with Gasteiger partial charge in [0.15, 0.2) is 0 Å². The van der Waals surface area contributed by atoms with E-state index in [-0.39, 0.29) is 0 Å². The number of aliphatic hydroxyl groups excluding tert-OH is 1. The van der Waals surface area contributed by atoms with Crippen LogP contribution in [0.5, 0.6) is 0 Å². The van der Waals surface area contributed by atoms with E-state index in [1.54, 1.807) is 0 Å². The van der Waals surface area contributed by atoms with Crippen molar-refractivity contribution in [2.75, 3.05) is 0 Å². The van der Waals surface area contributed by atoms with Gasteiger partial charge in [-0.3, -0.25) is 9.36 Å². The van der Waals surface area contributed by atoms with Crippen molar-refractivity contribution in [2.24, 2.45) is 14.1 Å². The smallest absolute Gasteiger partial charge is 0.0881 e. The molecule has 0 radical (unpaired) electrons. The molecule has 0 amide bonds. The Balaban J connectivity index is 2.25. The van der Waals surface area contributed by atoms with Crippen molar-refractivity contribution in [3.8, 4) is 0 Å². The molecule has 0 saturated carbocycles. The van der Waals surface area contributed by atoms with Gasteiger partial charge in [0, 0.05) is 37.5 Å². The van der Waals surface area contributed by atoms with Crippen LogP contribution >= 0.6 is 0 Å². The lowest BCUT2D eigenvalue weighted by atomic mass is 10.0. The molecule has 0 bridgehead atoms. The first kappa shape index (κ1) is 13.8. The van der Waals surface area contributed by atoms with Crippen LogP contribution in [0, 0.1) is 13.8 Å². The number of hydrogen-bond donors (Lipinski definition) is 1. The lowest BCUT2D eigenvalue weighted by Gasteiger charge is -2.11. The average molecular weight is 262 g/mol. The summed E-state index contributed by atoms with van der Waals surface area (Å²) >= 11 is 0. The fraction of sp³-hybridized carbons (Fsp3) is 0.571. The molecular formula is C14H22N4O. The summed E-state index contributed by atoms with van der Waals surface area (Å²) in [6.07, 6.45) is 0.944. The lowest BCUT2D eigenvalue weighted by molar-refractivity contribution is 0.174. The highest BCUT2D eigenvalue weighted by Crippen LogP contribution is 2.24. The van der Waals surface area contributed by atoms with Gasteiger partial charge in [-0.25, -0.2) is 0 Å². The van der Waals surface area contributed by atoms with Crippen LogP contribution < -0.4 is 0 Å². The second kappa shape index (κ2) is 5.17. The number of hydrogen-bond acceptors (Lipinski definition) is 3. The Labute approximate surface area is 113 Å². The van der Waals surface area contributed by atoms with Crippen LogP contribution in [0.2, 0.25) is 0 Å². The van der Waals surface area contributed by atoms with Gasteiger partial charge in [-0.1, -0.05) is 6.92 Å². The van der Waals surface area contributed by atoms with Gasteiger partial charge in [-0.15, -0.1) is 0 Å². The molecule has 2 heterocycles. The van der Waals surface area contributed by atoms with Gasteiger partial charge < -0.3 is 5.11 Å². The number of rotatable bonds is 4. The highest BCUT2D eigenvalue weighted by atomic mass is 16.3. The summed E-state index contributed by atoms with van der Waals surface area (Å²) in [5.74, 6) is 0. The molecule has 104 valence electrons. The fourth-order valence-electron chi connectivity index (χ4n) is 2.51. The zero-order chi connectivity index (χ0) is 14.2. The van der Waals surface area contributed by atoms with Crippen molar-refractivity contribution in [3.05, 3.63) is 34.4 Å². The average Bonchev–Trinajstić information content (AvgIpc) is 2.81. The number of nitrogens with zero attached hydrogens (tertiary/aromatic N) is 4. The van der Waals surface area contributed by atoms with E-state index in [0.717, 1.165) is 34.8 Å². The summed E-state index contributed by atoms with van der Waals surface area (Å²) < 4.78 is 3.66. The predicted octanol–water partition coefficient (Wildman–Crippen LogP) is 1.61. The molecule has 0 aliphatic carbocycles. The highest BCUT2D eigenvalue weighted by molar-refractivity contribution is 5.28. The monoisotopic (exact) mass is 262 g/mol. The van der Waals surface area contributed by atoms with Crippen LogP contribution in [0.15, 0.2) is 6.07 Å². The van der Waals surface area contributed by atoms with Crippen molar-refractivity contribution < 1.29 is 5.11 Å². The Morgan fingerprint density at radius 2 is 1.89 bits per heavy atom. The Kier molecular flexibility index (Phi) is 3.75. The van der Waals surface area contributed by atoms with Gasteiger partial charge in [0.1, 0.15) is 0 Å². The van der Waals surface area contributed by atoms with E-state index in [9.17, 15) is 5.11 Å². The van der Waals surface area contributed by atoms with E-state index >= 15 is 0 Å². The summed E-state index contributed by atoms with van der Waals surface area (Å²) in [5.41, 5.74) is 4.95. The number of aryl methyl sites for hydroxylation is 4. The summed E-state index contributed by atoms with van der Waals surface area (Å²) in [7, 11) is 3.82. The van der Waals surface area contributed by atoms with E-state index in [1.165, 1.54) is 0 Å². The maximum absolute atomic E-state index is 10.5. The Hall–Kier alpha value is -1.62. The maximum Gasteiger partial charge on any atom is 0.0881 e. The summed E-state index contributed by atoms with van der Waals surface area (Å²) in [4.78, 5) is 0. The predicted molar refractivity (Wildman–Crippen MR) is 73.9 cm³/mol. The van der Waals surface area contributed by atoms with Gasteiger partial charge in [-0.05, 0) is 26.3 Å². The summed E-state index contributed by atoms with van der Waals surface area (Å²) in [6, 6.07) is 2.06. The van der Waals surface area contributed by atoms with Crippen LogP contribution in [0.1, 0.15) is 41.4 Å². The molecule has 2 aromatic rings. The molecule has 19 heavy (non-hydrogen) atoms. The third-order valence-electron chi connectivity index (χ3n) is 3.69. The van der Waals surface area contributed by atoms with E-state index in [1.807, 2.05) is 37.3 Å². The van der Waals surface area contributed by atoms with Crippen LogP contribution in [-0.2, 0) is 26.9 Å². The molecule has 0 saturated heterocycles. The van der Waals surface area contributed by atoms with Gasteiger partial charge in [-0.2, -0.15) is 10.2 Å². The van der Waals surface area contributed by atoms with Gasteiger partial charge in [0.05, 0.1) is 17.5 Å². The first-order chi connectivity index (χ1) is 8.93. The Morgan fingerprint density at radius 1 is 1.21 bits per heavy atom. The third kappa shape index (κ3) is 2.56. The SMILES string of the molecule is CCc1cc(CC(O)c2c(C)nn(C)c2C)n(C)n1. The minimum absolute atomic E-state index is 0.534. The van der Waals surface area contributed by atoms with Crippen LogP contribution in [-0.4, -0.2) is 24.7 Å². The second-order valence-electron chi connectivity index (χ2n) is 5.03. The van der Waals surface area contributed by atoms with Crippen molar-refractivity contribution in [2.45, 2.75) is 39.7 Å². The lowest BCUT2D eigenvalue weighted by Crippen LogP contribution is -2.08. The minimum Gasteiger partial charge on any atom is -0.388 e. The Morgan fingerprint density at radius 3 is 2.37 bits per heavy atom. The van der Waals surface area contributed by atoms with E-state index in [4.69, 9.17) is 0 Å².